The van der Waals surface area contributed by atoms with Gasteiger partial charge in [0, 0.05) is 5.39 Å². The zero-order valence-electron chi connectivity index (χ0n) is 15.6. The molecule has 0 heterocycles. The van der Waals surface area contributed by atoms with Gasteiger partial charge in [-0.15, -0.1) is 10.2 Å². The van der Waals surface area contributed by atoms with Gasteiger partial charge < -0.3 is 9.84 Å². The number of phenolic OH excluding ortho intramolecular Hbond substituents is 1. The van der Waals surface area contributed by atoms with Crippen molar-refractivity contribution in [1.29, 1.82) is 0 Å². The van der Waals surface area contributed by atoms with E-state index in [1.807, 2.05) is 0 Å². The lowest BCUT2D eigenvalue weighted by molar-refractivity contribution is 0.412. The molecule has 0 saturated carbocycles. The highest BCUT2D eigenvalue weighted by Gasteiger charge is 2.23. The van der Waals surface area contributed by atoms with Gasteiger partial charge in [0.1, 0.15) is 22.0 Å². The molecule has 0 atom stereocenters. The second-order valence-electron chi connectivity index (χ2n) is 6.23. The molecule has 3 rings (SSSR count). The molecule has 0 aromatic heterocycles. The number of azo groups is 1. The molecule has 3 N–H and O–H groups in total. The normalized spacial score (nSPS) is 12.5. The summed E-state index contributed by atoms with van der Waals surface area (Å²) in [6.45, 7) is 1.77. The molecular weight excluding hydrogens is 436 g/mol. The Bertz CT molecular complexity index is 1400. The van der Waals surface area contributed by atoms with Crippen LogP contribution in [0, 0.1) is 6.92 Å². The van der Waals surface area contributed by atoms with Gasteiger partial charge >= 0.3 is 0 Å². The second kappa shape index (κ2) is 7.65. The lowest BCUT2D eigenvalue weighted by Gasteiger charge is -2.10. The van der Waals surface area contributed by atoms with E-state index in [0.717, 1.165) is 29.8 Å². The lowest BCUT2D eigenvalue weighted by atomic mass is 10.1. The molecular formula is C18H16N2O8S2. The van der Waals surface area contributed by atoms with E-state index in [-0.39, 0.29) is 16.5 Å². The minimum absolute atomic E-state index is 0.0277. The van der Waals surface area contributed by atoms with Gasteiger partial charge in [0.05, 0.1) is 12.0 Å². The molecule has 0 aliphatic heterocycles. The largest absolute Gasteiger partial charge is 0.505 e. The van der Waals surface area contributed by atoms with E-state index in [2.05, 4.69) is 10.2 Å². The molecule has 30 heavy (non-hydrogen) atoms. The molecule has 0 bridgehead atoms. The topological polar surface area (TPSA) is 163 Å². The van der Waals surface area contributed by atoms with Crippen LogP contribution in [0.3, 0.4) is 0 Å². The Labute approximate surface area is 172 Å². The highest BCUT2D eigenvalue weighted by atomic mass is 32.2. The summed E-state index contributed by atoms with van der Waals surface area (Å²) >= 11 is 0. The number of phenols is 1. The van der Waals surface area contributed by atoms with Crippen LogP contribution in [0.25, 0.3) is 10.8 Å². The summed E-state index contributed by atoms with van der Waals surface area (Å²) in [5.41, 5.74) is 0.442. The fourth-order valence-corrected chi connectivity index (χ4v) is 4.04. The predicted molar refractivity (Wildman–Crippen MR) is 107 cm³/mol. The summed E-state index contributed by atoms with van der Waals surface area (Å²) in [6, 6.07) is 9.04. The number of ether oxygens (including phenoxy) is 1. The van der Waals surface area contributed by atoms with Gasteiger partial charge in [-0.05, 0) is 48.2 Å². The van der Waals surface area contributed by atoms with Gasteiger partial charge in [-0.1, -0.05) is 12.1 Å². The van der Waals surface area contributed by atoms with Gasteiger partial charge in [0.25, 0.3) is 20.2 Å². The SMILES string of the molecule is COc1c(C)cccc1N=Nc1c(S(=O)(=O)O)cc2cc(S(=O)(=O)O)ccc2c1O. The van der Waals surface area contributed by atoms with Crippen LogP contribution >= 0.6 is 0 Å². The maximum Gasteiger partial charge on any atom is 0.296 e. The van der Waals surface area contributed by atoms with E-state index >= 15 is 0 Å². The van der Waals surface area contributed by atoms with Crippen molar-refractivity contribution in [3.63, 3.8) is 0 Å². The first-order valence-electron chi connectivity index (χ1n) is 8.23. The summed E-state index contributed by atoms with van der Waals surface area (Å²) in [7, 11) is -8.03. The van der Waals surface area contributed by atoms with Gasteiger partial charge in [0.2, 0.25) is 0 Å². The number of methoxy groups -OCH3 is 1. The molecule has 3 aromatic rings. The Hall–Kier alpha value is -3.06. The highest BCUT2D eigenvalue weighted by molar-refractivity contribution is 7.86. The third-order valence-corrected chi connectivity index (χ3v) is 5.97. The number of rotatable bonds is 5. The third-order valence-electron chi connectivity index (χ3n) is 4.25. The Morgan fingerprint density at radius 3 is 2.23 bits per heavy atom. The number of benzene rings is 3. The Balaban J connectivity index is 2.29. The van der Waals surface area contributed by atoms with Crippen LogP contribution < -0.4 is 4.74 Å². The summed E-state index contributed by atoms with van der Waals surface area (Å²) in [5, 5.41) is 18.3. The van der Waals surface area contributed by atoms with Crippen molar-refractivity contribution >= 4 is 42.4 Å². The van der Waals surface area contributed by atoms with Crippen molar-refractivity contribution in [2.45, 2.75) is 16.7 Å². The summed E-state index contributed by atoms with van der Waals surface area (Å²) in [6.07, 6.45) is 0. The first kappa shape index (κ1) is 21.6. The maximum atomic E-state index is 11.9. The van der Waals surface area contributed by atoms with E-state index < -0.39 is 41.5 Å². The average Bonchev–Trinajstić information content (AvgIpc) is 2.65. The van der Waals surface area contributed by atoms with Crippen LogP contribution in [0.5, 0.6) is 11.5 Å². The van der Waals surface area contributed by atoms with Crippen molar-refractivity contribution in [1.82, 2.24) is 0 Å². The molecule has 10 nitrogen and oxygen atoms in total. The van der Waals surface area contributed by atoms with E-state index in [9.17, 15) is 31.0 Å². The standard InChI is InChI=1S/C18H16N2O8S2/c1-10-4-3-5-14(18(10)28-2)19-20-16-15(30(25,26)27)9-11-8-12(29(22,23)24)6-7-13(11)17(16)21/h3-9,21H,1-2H3,(H,22,23,24)(H,25,26,27). The number of nitrogens with zero attached hydrogens (tertiary/aromatic N) is 2. The van der Waals surface area contributed by atoms with E-state index in [4.69, 9.17) is 4.74 Å². The fraction of sp³-hybridized carbons (Fsp3) is 0.111. The van der Waals surface area contributed by atoms with Crippen LogP contribution in [-0.2, 0) is 20.2 Å². The molecule has 0 radical (unpaired) electrons. The molecule has 0 amide bonds. The third kappa shape index (κ3) is 4.11. The van der Waals surface area contributed by atoms with Crippen LogP contribution in [0.4, 0.5) is 11.4 Å². The minimum Gasteiger partial charge on any atom is -0.505 e. The van der Waals surface area contributed by atoms with Crippen LogP contribution in [0.2, 0.25) is 0 Å². The zero-order chi connectivity index (χ0) is 22.3. The van der Waals surface area contributed by atoms with E-state index in [1.165, 1.54) is 7.11 Å². The van der Waals surface area contributed by atoms with Crippen molar-refractivity contribution in [3.8, 4) is 11.5 Å². The molecule has 0 aliphatic rings. The number of para-hydroxylation sites is 1. The number of hydrogen-bond donors (Lipinski definition) is 3. The predicted octanol–water partition coefficient (Wildman–Crippen LogP) is 3.77. The molecule has 12 heteroatoms. The van der Waals surface area contributed by atoms with Crippen molar-refractivity contribution in [2.24, 2.45) is 10.2 Å². The number of aromatic hydroxyl groups is 1. The average molecular weight is 452 g/mol. The zero-order valence-corrected chi connectivity index (χ0v) is 17.3. The van der Waals surface area contributed by atoms with Crippen LogP contribution in [0.1, 0.15) is 5.56 Å². The first-order chi connectivity index (χ1) is 13.9. The van der Waals surface area contributed by atoms with E-state index in [1.54, 1.807) is 25.1 Å². The molecule has 0 saturated heterocycles. The van der Waals surface area contributed by atoms with Crippen molar-refractivity contribution in [3.05, 3.63) is 48.0 Å². The molecule has 0 unspecified atom stereocenters. The highest BCUT2D eigenvalue weighted by Crippen LogP contribution is 2.42. The fourth-order valence-electron chi connectivity index (χ4n) is 2.87. The van der Waals surface area contributed by atoms with Crippen LogP contribution in [0.15, 0.2) is 62.5 Å². The lowest BCUT2D eigenvalue weighted by Crippen LogP contribution is -2.00. The maximum absolute atomic E-state index is 11.9. The van der Waals surface area contributed by atoms with Crippen molar-refractivity contribution in [2.75, 3.05) is 7.11 Å². The second-order valence-corrected chi connectivity index (χ2v) is 9.04. The molecule has 0 spiro atoms. The van der Waals surface area contributed by atoms with Gasteiger partial charge in [-0.2, -0.15) is 16.8 Å². The summed E-state index contributed by atoms with van der Waals surface area (Å²) < 4.78 is 70.4. The summed E-state index contributed by atoms with van der Waals surface area (Å²) in [5.74, 6) is -0.273. The molecule has 158 valence electrons. The van der Waals surface area contributed by atoms with Gasteiger partial charge in [-0.25, -0.2) is 0 Å². The number of fused-ring (bicyclic) bond motifs is 1. The molecule has 3 aromatic carbocycles. The molecule has 0 aliphatic carbocycles. The quantitative estimate of drug-likeness (QED) is 0.389. The Kier molecular flexibility index (Phi) is 5.52. The number of aryl methyl sites for hydroxylation is 1. The monoisotopic (exact) mass is 452 g/mol. The first-order valence-corrected chi connectivity index (χ1v) is 11.1. The van der Waals surface area contributed by atoms with Gasteiger partial charge in [-0.3, -0.25) is 9.11 Å². The summed E-state index contributed by atoms with van der Waals surface area (Å²) in [4.78, 5) is -1.31. The van der Waals surface area contributed by atoms with Crippen LogP contribution in [-0.4, -0.2) is 38.2 Å². The Morgan fingerprint density at radius 1 is 0.933 bits per heavy atom. The molecule has 0 fully saturated rings. The number of hydrogen-bond acceptors (Lipinski definition) is 8. The minimum atomic E-state index is -4.88. The van der Waals surface area contributed by atoms with Gasteiger partial charge in [0.15, 0.2) is 5.75 Å². The van der Waals surface area contributed by atoms with E-state index in [0.29, 0.717) is 5.75 Å². The smallest absolute Gasteiger partial charge is 0.296 e. The van der Waals surface area contributed by atoms with Crippen molar-refractivity contribution < 1.29 is 35.8 Å². The Morgan fingerprint density at radius 2 is 1.63 bits per heavy atom.